The van der Waals surface area contributed by atoms with E-state index in [0.29, 0.717) is 0 Å². The summed E-state index contributed by atoms with van der Waals surface area (Å²) in [7, 11) is 4.23. The number of fused-ring (bicyclic) bond motifs is 1. The molecule has 1 aromatic carbocycles. The number of nitrogens with two attached hydrogens (primary N) is 1. The predicted molar refractivity (Wildman–Crippen MR) is 59.1 cm³/mol. The van der Waals surface area contributed by atoms with E-state index in [2.05, 4.69) is 31.9 Å². The van der Waals surface area contributed by atoms with Crippen molar-refractivity contribution in [2.24, 2.45) is 0 Å². The van der Waals surface area contributed by atoms with E-state index in [1.807, 2.05) is 0 Å². The molecule has 1 aliphatic heterocycles. The van der Waals surface area contributed by atoms with Crippen LogP contribution in [-0.4, -0.2) is 26.3 Å². The summed E-state index contributed by atoms with van der Waals surface area (Å²) in [5.41, 5.74) is 10.9. The fourth-order valence-electron chi connectivity index (χ4n) is 1.89. The topological polar surface area (TPSA) is 29.3 Å². The Kier molecular flexibility index (Phi) is 2.04. The highest BCUT2D eigenvalue weighted by molar-refractivity contribution is 6.35. The molecular formula is C10H15BN2. The van der Waals surface area contributed by atoms with Crippen molar-refractivity contribution in [3.8, 4) is 0 Å². The van der Waals surface area contributed by atoms with Gasteiger partial charge in [0.15, 0.2) is 0 Å². The van der Waals surface area contributed by atoms with Crippen LogP contribution in [0.1, 0.15) is 11.1 Å². The van der Waals surface area contributed by atoms with Gasteiger partial charge in [-0.15, -0.1) is 0 Å². The molecule has 3 heteroatoms. The lowest BCUT2D eigenvalue weighted by molar-refractivity contribution is 0.313. The highest BCUT2D eigenvalue weighted by atomic mass is 15.1. The van der Waals surface area contributed by atoms with Crippen molar-refractivity contribution in [2.45, 2.75) is 13.0 Å². The van der Waals surface area contributed by atoms with E-state index < -0.39 is 0 Å². The first-order chi connectivity index (χ1) is 6.16. The average molecular weight is 174 g/mol. The Morgan fingerprint density at radius 1 is 1.38 bits per heavy atom. The van der Waals surface area contributed by atoms with Crippen LogP contribution in [0.5, 0.6) is 0 Å². The summed E-state index contributed by atoms with van der Waals surface area (Å²) >= 11 is 0. The number of nitrogens with zero attached hydrogens (tertiary/aromatic N) is 1. The van der Waals surface area contributed by atoms with Crippen LogP contribution in [0.3, 0.4) is 0 Å². The largest absolute Gasteiger partial charge is 0.399 e. The molecule has 0 aromatic heterocycles. The lowest BCUT2D eigenvalue weighted by atomic mass is 9.88. The molecule has 0 atom stereocenters. The third kappa shape index (κ3) is 1.56. The summed E-state index contributed by atoms with van der Waals surface area (Å²) in [5.74, 6) is 0. The van der Waals surface area contributed by atoms with Gasteiger partial charge >= 0.3 is 0 Å². The Hall–Kier alpha value is -0.955. The molecule has 68 valence electrons. The predicted octanol–water partition coefficient (Wildman–Crippen LogP) is -0.485. The van der Waals surface area contributed by atoms with Crippen LogP contribution >= 0.6 is 0 Å². The van der Waals surface area contributed by atoms with Crippen LogP contribution in [-0.2, 0) is 13.0 Å². The Morgan fingerprint density at radius 3 is 2.92 bits per heavy atom. The summed E-state index contributed by atoms with van der Waals surface area (Å²) < 4.78 is 0. The van der Waals surface area contributed by atoms with Crippen molar-refractivity contribution in [3.63, 3.8) is 0 Å². The zero-order valence-corrected chi connectivity index (χ0v) is 8.30. The number of nitrogen functional groups attached to an aromatic ring is 1. The maximum Gasteiger partial charge on any atom is 0.142 e. The molecule has 2 rings (SSSR count). The van der Waals surface area contributed by atoms with E-state index in [-0.39, 0.29) is 0 Å². The number of benzene rings is 1. The second-order valence-corrected chi connectivity index (χ2v) is 3.97. The summed E-state index contributed by atoms with van der Waals surface area (Å²) in [6.45, 7) is 2.21. The Morgan fingerprint density at radius 2 is 2.15 bits per heavy atom. The number of likely N-dealkylation sites (N-methyl/N-ethyl adjacent to an activating group) is 1. The fraction of sp³-hybridized carbons (Fsp3) is 0.400. The number of hydrogen-bond donors (Lipinski definition) is 1. The molecule has 0 spiro atoms. The minimum absolute atomic E-state index is 0.934. The maximum atomic E-state index is 5.86. The third-order valence-electron chi connectivity index (χ3n) is 2.79. The van der Waals surface area contributed by atoms with Crippen molar-refractivity contribution in [1.82, 2.24) is 4.90 Å². The van der Waals surface area contributed by atoms with Crippen LogP contribution in [0, 0.1) is 0 Å². The molecule has 1 heterocycles. The molecule has 2 N–H and O–H groups in total. The van der Waals surface area contributed by atoms with Gasteiger partial charge in [0.25, 0.3) is 0 Å². The molecule has 0 saturated heterocycles. The van der Waals surface area contributed by atoms with Gasteiger partial charge in [0, 0.05) is 18.8 Å². The van der Waals surface area contributed by atoms with Gasteiger partial charge in [-0.1, -0.05) is 11.5 Å². The minimum Gasteiger partial charge on any atom is -0.399 e. The first-order valence-corrected chi connectivity index (χ1v) is 4.73. The Bertz CT molecular complexity index is 336. The second-order valence-electron chi connectivity index (χ2n) is 3.97. The molecule has 0 fully saturated rings. The van der Waals surface area contributed by atoms with Gasteiger partial charge in [-0.3, -0.25) is 0 Å². The summed E-state index contributed by atoms with van der Waals surface area (Å²) in [4.78, 5) is 2.35. The fourth-order valence-corrected chi connectivity index (χ4v) is 1.89. The van der Waals surface area contributed by atoms with Gasteiger partial charge < -0.3 is 10.6 Å². The van der Waals surface area contributed by atoms with Crippen LogP contribution in [0.4, 0.5) is 5.69 Å². The number of hydrogen-bond acceptors (Lipinski definition) is 2. The van der Waals surface area contributed by atoms with Gasteiger partial charge in [0.2, 0.25) is 0 Å². The molecule has 0 bridgehead atoms. The van der Waals surface area contributed by atoms with Crippen molar-refractivity contribution >= 4 is 19.0 Å². The Balaban J connectivity index is 2.43. The normalized spacial score (nSPS) is 17.0. The zero-order chi connectivity index (χ0) is 9.42. The van der Waals surface area contributed by atoms with E-state index in [1.54, 1.807) is 0 Å². The number of rotatable bonds is 0. The lowest BCUT2D eigenvalue weighted by Gasteiger charge is -2.25. The molecule has 1 aliphatic rings. The SMILES string of the molecule is Bc1cc2c(cc1N)CCN(C)C2. The molecule has 0 radical (unpaired) electrons. The van der Waals surface area contributed by atoms with E-state index in [1.165, 1.54) is 16.6 Å². The summed E-state index contributed by atoms with van der Waals surface area (Å²) in [6.07, 6.45) is 1.14. The van der Waals surface area contributed by atoms with Crippen LogP contribution < -0.4 is 11.2 Å². The van der Waals surface area contributed by atoms with Crippen LogP contribution in [0.2, 0.25) is 0 Å². The Labute approximate surface area is 80.1 Å². The van der Waals surface area contributed by atoms with E-state index in [4.69, 9.17) is 5.73 Å². The van der Waals surface area contributed by atoms with E-state index in [0.717, 1.165) is 25.2 Å². The highest BCUT2D eigenvalue weighted by Crippen LogP contribution is 2.18. The maximum absolute atomic E-state index is 5.86. The van der Waals surface area contributed by atoms with Crippen LogP contribution in [0.15, 0.2) is 12.1 Å². The van der Waals surface area contributed by atoms with Crippen LogP contribution in [0.25, 0.3) is 0 Å². The molecular weight excluding hydrogens is 159 g/mol. The second kappa shape index (κ2) is 3.07. The highest BCUT2D eigenvalue weighted by Gasteiger charge is 2.13. The van der Waals surface area contributed by atoms with Gasteiger partial charge in [-0.25, -0.2) is 0 Å². The standard InChI is InChI=1S/C10H15BN2/c1-13-3-2-7-5-10(12)9(11)4-8(7)6-13/h4-5H,2-3,6,11-12H2,1H3. The smallest absolute Gasteiger partial charge is 0.142 e. The molecule has 0 aliphatic carbocycles. The van der Waals surface area contributed by atoms with Crippen molar-refractivity contribution in [3.05, 3.63) is 23.3 Å². The summed E-state index contributed by atoms with van der Waals surface area (Å²) in [6, 6.07) is 4.36. The quantitative estimate of drug-likeness (QED) is 0.425. The first kappa shape index (κ1) is 8.63. The van der Waals surface area contributed by atoms with E-state index in [9.17, 15) is 0 Å². The molecule has 2 nitrogen and oxygen atoms in total. The zero-order valence-electron chi connectivity index (χ0n) is 8.30. The van der Waals surface area contributed by atoms with Gasteiger partial charge in [0.1, 0.15) is 7.85 Å². The van der Waals surface area contributed by atoms with E-state index >= 15 is 0 Å². The van der Waals surface area contributed by atoms with Crippen molar-refractivity contribution in [1.29, 1.82) is 0 Å². The summed E-state index contributed by atoms with van der Waals surface area (Å²) in [5, 5.41) is 0. The monoisotopic (exact) mass is 174 g/mol. The van der Waals surface area contributed by atoms with Gasteiger partial charge in [-0.2, -0.15) is 0 Å². The lowest BCUT2D eigenvalue weighted by Crippen LogP contribution is -2.28. The van der Waals surface area contributed by atoms with Gasteiger partial charge in [0.05, 0.1) is 0 Å². The molecule has 0 saturated carbocycles. The van der Waals surface area contributed by atoms with Crippen molar-refractivity contribution in [2.75, 3.05) is 19.3 Å². The molecule has 13 heavy (non-hydrogen) atoms. The minimum atomic E-state index is 0.934. The first-order valence-electron chi connectivity index (χ1n) is 4.73. The average Bonchev–Trinajstić information content (AvgIpc) is 2.08. The molecule has 1 aromatic rings. The molecule has 0 unspecified atom stereocenters. The third-order valence-corrected chi connectivity index (χ3v) is 2.79. The molecule has 0 amide bonds. The van der Waals surface area contributed by atoms with Crippen molar-refractivity contribution < 1.29 is 0 Å². The number of anilines is 1. The van der Waals surface area contributed by atoms with Gasteiger partial charge in [-0.05, 0) is 30.7 Å².